The molecule has 1 aliphatic carbocycles. The fourth-order valence-electron chi connectivity index (χ4n) is 5.68. The molecule has 0 N–H and O–H groups in total. The van der Waals surface area contributed by atoms with E-state index >= 15 is 0 Å². The predicted molar refractivity (Wildman–Crippen MR) is 141 cm³/mol. The molecule has 0 radical (unpaired) electrons. The van der Waals surface area contributed by atoms with Gasteiger partial charge in [-0.15, -0.1) is 0 Å². The molecule has 4 unspecified atom stereocenters. The zero-order valence-electron chi connectivity index (χ0n) is 21.3. The number of pyridine rings is 1. The van der Waals surface area contributed by atoms with Gasteiger partial charge in [0.05, 0.1) is 15.6 Å². The molecule has 2 aromatic rings. The second-order valence-electron chi connectivity index (χ2n) is 10.6. The molecular weight excluding hydrogens is 549 g/mol. The Morgan fingerprint density at radius 2 is 1.82 bits per heavy atom. The Bertz CT molecular complexity index is 1290. The van der Waals surface area contributed by atoms with Crippen molar-refractivity contribution in [2.24, 2.45) is 17.8 Å². The van der Waals surface area contributed by atoms with Gasteiger partial charge in [-0.05, 0) is 43.5 Å². The number of carbonyl (C=O) groups is 2. The molecule has 11 heteroatoms. The molecule has 4 atom stereocenters. The van der Waals surface area contributed by atoms with Crippen molar-refractivity contribution < 1.29 is 23.1 Å². The molecule has 2 aliphatic heterocycles. The molecule has 3 heterocycles. The number of aromatic nitrogens is 1. The van der Waals surface area contributed by atoms with Gasteiger partial charge in [0.15, 0.2) is 0 Å². The summed E-state index contributed by atoms with van der Waals surface area (Å²) < 4.78 is 32.9. The maximum absolute atomic E-state index is 13.6. The first kappa shape index (κ1) is 27.6. The lowest BCUT2D eigenvalue weighted by molar-refractivity contribution is -0.141. The number of amides is 2. The molecule has 5 rings (SSSR count). The van der Waals surface area contributed by atoms with Crippen LogP contribution >= 0.6 is 23.2 Å². The third-order valence-corrected chi connectivity index (χ3v) is 8.84. The molecule has 7 nitrogen and oxygen atoms in total. The van der Waals surface area contributed by atoms with Gasteiger partial charge in [0, 0.05) is 62.6 Å². The smallest absolute Gasteiger partial charge is 0.260 e. The third-order valence-electron chi connectivity index (χ3n) is 8.10. The summed E-state index contributed by atoms with van der Waals surface area (Å²) >= 11 is 12.5. The minimum atomic E-state index is -2.89. The van der Waals surface area contributed by atoms with E-state index in [9.17, 15) is 18.4 Å². The van der Waals surface area contributed by atoms with E-state index in [2.05, 4.69) is 4.98 Å². The number of carbonyl (C=O) groups excluding carboxylic acids is 2. The van der Waals surface area contributed by atoms with Crippen LogP contribution < -0.4 is 4.74 Å². The summed E-state index contributed by atoms with van der Waals surface area (Å²) in [5, 5.41) is 9.90. The number of alkyl halides is 2. The lowest BCUT2D eigenvalue weighted by Crippen LogP contribution is -2.45. The number of piperidine rings is 1. The molecule has 1 aromatic heterocycles. The van der Waals surface area contributed by atoms with Gasteiger partial charge in [0.1, 0.15) is 18.1 Å². The molecule has 1 aromatic carbocycles. The van der Waals surface area contributed by atoms with E-state index in [-0.39, 0.29) is 36.2 Å². The fourth-order valence-corrected chi connectivity index (χ4v) is 5.99. The van der Waals surface area contributed by atoms with Crippen LogP contribution in [0.1, 0.15) is 43.2 Å². The van der Waals surface area contributed by atoms with Crippen LogP contribution in [0.3, 0.4) is 0 Å². The van der Waals surface area contributed by atoms with Crippen LogP contribution in [0.25, 0.3) is 0 Å². The Balaban J connectivity index is 1.28. The first-order chi connectivity index (χ1) is 18.6. The lowest BCUT2D eigenvalue weighted by atomic mass is 9.86. The van der Waals surface area contributed by atoms with E-state index in [0.717, 1.165) is 5.56 Å². The van der Waals surface area contributed by atoms with E-state index in [1.807, 2.05) is 30.0 Å². The highest BCUT2D eigenvalue weighted by molar-refractivity contribution is 6.42. The Morgan fingerprint density at radius 3 is 2.41 bits per heavy atom. The van der Waals surface area contributed by atoms with Gasteiger partial charge in [0.25, 0.3) is 5.92 Å². The lowest BCUT2D eigenvalue weighted by Gasteiger charge is -2.33. The van der Waals surface area contributed by atoms with Crippen LogP contribution in [0.15, 0.2) is 36.5 Å². The number of benzene rings is 1. The summed E-state index contributed by atoms with van der Waals surface area (Å²) in [4.78, 5) is 33.5. The quantitative estimate of drug-likeness (QED) is 0.474. The zero-order valence-corrected chi connectivity index (χ0v) is 22.8. The van der Waals surface area contributed by atoms with E-state index in [0.29, 0.717) is 60.5 Å². The van der Waals surface area contributed by atoms with Gasteiger partial charge in [-0.1, -0.05) is 29.3 Å². The predicted octanol–water partition coefficient (Wildman–Crippen LogP) is 5.16. The van der Waals surface area contributed by atoms with Crippen LogP contribution in [0.2, 0.25) is 10.0 Å². The van der Waals surface area contributed by atoms with Crippen molar-refractivity contribution in [2.75, 3.05) is 26.2 Å². The molecule has 0 spiro atoms. The van der Waals surface area contributed by atoms with Crippen molar-refractivity contribution >= 4 is 35.0 Å². The molecule has 206 valence electrons. The standard InChI is InChI=1S/C28H28Cl2F2N4O3/c1-16(39-25-5-2-17(12-33)13-34-25)20-14-36(15-21(20)19-3-4-23(29)24(30)10-19)26(37)18-6-8-35(9-7-18)27(38)22-11-28(22,31)32/h2-5,10,13,16,18,20-22H,6-9,11,14-15H2,1H3. The Labute approximate surface area is 235 Å². The summed E-state index contributed by atoms with van der Waals surface area (Å²) in [6.45, 7) is 3.46. The first-order valence-electron chi connectivity index (χ1n) is 13.0. The number of halogens is 4. The van der Waals surface area contributed by atoms with Crippen molar-refractivity contribution in [3.63, 3.8) is 0 Å². The molecule has 1 saturated carbocycles. The Kier molecular flexibility index (Phi) is 7.71. The second-order valence-corrected chi connectivity index (χ2v) is 11.4. The average Bonchev–Trinajstić information content (AvgIpc) is 3.35. The van der Waals surface area contributed by atoms with Gasteiger partial charge in [-0.2, -0.15) is 5.26 Å². The molecule has 0 bridgehead atoms. The number of nitrogens with zero attached hydrogens (tertiary/aromatic N) is 4. The first-order valence-corrected chi connectivity index (χ1v) is 13.8. The molecule has 2 saturated heterocycles. The van der Waals surface area contributed by atoms with Crippen LogP contribution in [-0.4, -0.2) is 64.8 Å². The van der Waals surface area contributed by atoms with Gasteiger partial charge in [-0.25, -0.2) is 13.8 Å². The number of ether oxygens (including phenoxy) is 1. The Morgan fingerprint density at radius 1 is 1.10 bits per heavy atom. The SMILES string of the molecule is CC(Oc1ccc(C#N)cn1)C1CN(C(=O)C2CCN(C(=O)C3CC3(F)F)CC2)CC1c1ccc(Cl)c(Cl)c1. The molecule has 3 fully saturated rings. The van der Waals surface area contributed by atoms with Crippen LogP contribution in [0.5, 0.6) is 5.88 Å². The van der Waals surface area contributed by atoms with Crippen molar-refractivity contribution in [1.82, 2.24) is 14.8 Å². The van der Waals surface area contributed by atoms with Gasteiger partial charge in [-0.3, -0.25) is 9.59 Å². The largest absolute Gasteiger partial charge is 0.474 e. The summed E-state index contributed by atoms with van der Waals surface area (Å²) in [6, 6.07) is 10.8. The van der Waals surface area contributed by atoms with Gasteiger partial charge >= 0.3 is 0 Å². The summed E-state index contributed by atoms with van der Waals surface area (Å²) in [6.07, 6.45) is 1.65. The second kappa shape index (κ2) is 10.9. The average molecular weight is 577 g/mol. The Hall–Kier alpha value is -2.96. The number of rotatable bonds is 6. The van der Waals surface area contributed by atoms with E-state index in [4.69, 9.17) is 33.2 Å². The summed E-state index contributed by atoms with van der Waals surface area (Å²) in [7, 11) is 0. The van der Waals surface area contributed by atoms with Gasteiger partial charge < -0.3 is 14.5 Å². The normalized spacial score (nSPS) is 25.2. The van der Waals surface area contributed by atoms with Crippen LogP contribution in [0, 0.1) is 29.1 Å². The monoisotopic (exact) mass is 576 g/mol. The van der Waals surface area contributed by atoms with E-state index < -0.39 is 17.7 Å². The minimum absolute atomic E-state index is 0.00453. The van der Waals surface area contributed by atoms with E-state index in [1.54, 1.807) is 18.2 Å². The molecular formula is C28H28Cl2F2N4O3. The highest BCUT2D eigenvalue weighted by Crippen LogP contribution is 2.50. The third kappa shape index (κ3) is 5.82. The summed E-state index contributed by atoms with van der Waals surface area (Å²) in [5.74, 6) is -4.65. The van der Waals surface area contributed by atoms with Crippen molar-refractivity contribution in [2.45, 2.75) is 44.1 Å². The van der Waals surface area contributed by atoms with Gasteiger partial charge in [0.2, 0.25) is 17.7 Å². The molecule has 3 aliphatic rings. The number of hydrogen-bond donors (Lipinski definition) is 0. The fraction of sp³-hybridized carbons (Fsp3) is 0.500. The van der Waals surface area contributed by atoms with Crippen molar-refractivity contribution in [1.29, 1.82) is 5.26 Å². The topological polar surface area (TPSA) is 86.5 Å². The molecule has 2 amide bonds. The number of likely N-dealkylation sites (tertiary alicyclic amines) is 2. The number of hydrogen-bond acceptors (Lipinski definition) is 5. The minimum Gasteiger partial charge on any atom is -0.474 e. The van der Waals surface area contributed by atoms with Crippen molar-refractivity contribution in [3.8, 4) is 11.9 Å². The van der Waals surface area contributed by atoms with Crippen molar-refractivity contribution in [3.05, 3.63) is 57.7 Å². The zero-order chi connectivity index (χ0) is 27.9. The van der Waals surface area contributed by atoms with E-state index in [1.165, 1.54) is 11.1 Å². The highest BCUT2D eigenvalue weighted by Gasteiger charge is 2.62. The highest BCUT2D eigenvalue weighted by atomic mass is 35.5. The number of nitriles is 1. The van der Waals surface area contributed by atoms with Crippen LogP contribution in [0.4, 0.5) is 8.78 Å². The van der Waals surface area contributed by atoms with Crippen LogP contribution in [-0.2, 0) is 9.59 Å². The maximum atomic E-state index is 13.6. The molecule has 39 heavy (non-hydrogen) atoms. The summed E-state index contributed by atoms with van der Waals surface area (Å²) in [5.41, 5.74) is 1.37. The maximum Gasteiger partial charge on any atom is 0.260 e.